The zero-order valence-electron chi connectivity index (χ0n) is 13.8. The number of hydrogen-bond acceptors (Lipinski definition) is 5. The van der Waals surface area contributed by atoms with E-state index in [4.69, 9.17) is 16.7 Å². The SMILES string of the molecule is CC(c1ccc(S(N)(=O)=O)cc1)N(C)CC(=O)Nc1ccc(Cl)cn1. The number of primary sulfonamides is 1. The van der Waals surface area contributed by atoms with Crippen molar-refractivity contribution in [2.75, 3.05) is 18.9 Å². The zero-order valence-corrected chi connectivity index (χ0v) is 15.4. The predicted octanol–water partition coefficient (Wildman–Crippen LogP) is 2.01. The Kier molecular flexibility index (Phi) is 6.12. The van der Waals surface area contributed by atoms with Crippen LogP contribution in [0.3, 0.4) is 0 Å². The van der Waals surface area contributed by atoms with Gasteiger partial charge in [-0.25, -0.2) is 18.5 Å². The summed E-state index contributed by atoms with van der Waals surface area (Å²) in [5, 5.41) is 8.27. The quantitative estimate of drug-likeness (QED) is 0.795. The van der Waals surface area contributed by atoms with Gasteiger partial charge in [-0.2, -0.15) is 0 Å². The summed E-state index contributed by atoms with van der Waals surface area (Å²) < 4.78 is 22.6. The molecule has 1 amide bonds. The molecule has 0 radical (unpaired) electrons. The smallest absolute Gasteiger partial charge is 0.239 e. The molecule has 1 atom stereocenters. The molecule has 0 saturated carbocycles. The van der Waals surface area contributed by atoms with Gasteiger partial charge in [-0.1, -0.05) is 23.7 Å². The maximum Gasteiger partial charge on any atom is 0.239 e. The van der Waals surface area contributed by atoms with Gasteiger partial charge < -0.3 is 5.32 Å². The van der Waals surface area contributed by atoms with Crippen molar-refractivity contribution in [3.63, 3.8) is 0 Å². The number of benzene rings is 1. The molecule has 2 rings (SSSR count). The number of anilines is 1. The van der Waals surface area contributed by atoms with Crippen molar-refractivity contribution in [2.24, 2.45) is 5.14 Å². The molecule has 1 heterocycles. The summed E-state index contributed by atoms with van der Waals surface area (Å²) in [6, 6.07) is 9.43. The highest BCUT2D eigenvalue weighted by Crippen LogP contribution is 2.20. The molecule has 134 valence electrons. The van der Waals surface area contributed by atoms with Crippen LogP contribution >= 0.6 is 11.6 Å². The molecule has 1 aromatic carbocycles. The number of pyridine rings is 1. The molecule has 25 heavy (non-hydrogen) atoms. The first-order valence-corrected chi connectivity index (χ1v) is 9.33. The Morgan fingerprint density at radius 3 is 2.44 bits per heavy atom. The second-order valence-corrected chi connectivity index (χ2v) is 7.61. The fourth-order valence-electron chi connectivity index (χ4n) is 2.19. The van der Waals surface area contributed by atoms with E-state index in [1.165, 1.54) is 18.3 Å². The van der Waals surface area contributed by atoms with Crippen LogP contribution in [0.4, 0.5) is 5.82 Å². The number of amides is 1. The molecule has 1 aromatic heterocycles. The molecule has 0 aliphatic carbocycles. The number of halogens is 1. The minimum Gasteiger partial charge on any atom is -0.310 e. The first kappa shape index (κ1) is 19.3. The van der Waals surface area contributed by atoms with Crippen LogP contribution in [0.25, 0.3) is 0 Å². The summed E-state index contributed by atoms with van der Waals surface area (Å²) >= 11 is 5.75. The number of nitrogens with two attached hydrogens (primary N) is 1. The van der Waals surface area contributed by atoms with Crippen molar-refractivity contribution < 1.29 is 13.2 Å². The molecule has 0 aliphatic rings. The molecule has 0 bridgehead atoms. The minimum absolute atomic E-state index is 0.0534. The van der Waals surface area contributed by atoms with Crippen molar-refractivity contribution >= 4 is 33.3 Å². The fraction of sp³-hybridized carbons (Fsp3) is 0.250. The normalized spacial score (nSPS) is 12.8. The van der Waals surface area contributed by atoms with Gasteiger partial charge >= 0.3 is 0 Å². The highest BCUT2D eigenvalue weighted by Gasteiger charge is 2.16. The van der Waals surface area contributed by atoms with Crippen LogP contribution in [0.15, 0.2) is 47.5 Å². The Morgan fingerprint density at radius 1 is 1.28 bits per heavy atom. The first-order chi connectivity index (χ1) is 11.7. The molecule has 2 aromatic rings. The third-order valence-corrected chi connectivity index (χ3v) is 4.89. The Balaban J connectivity index is 1.98. The molecule has 0 aliphatic heterocycles. The summed E-state index contributed by atoms with van der Waals surface area (Å²) in [6.45, 7) is 2.06. The number of nitrogens with one attached hydrogen (secondary N) is 1. The van der Waals surface area contributed by atoms with Crippen molar-refractivity contribution in [1.82, 2.24) is 9.88 Å². The summed E-state index contributed by atoms with van der Waals surface area (Å²) in [5.74, 6) is 0.207. The van der Waals surface area contributed by atoms with Crippen LogP contribution in [0.2, 0.25) is 5.02 Å². The number of likely N-dealkylation sites (N-methyl/N-ethyl adjacent to an activating group) is 1. The lowest BCUT2D eigenvalue weighted by Gasteiger charge is -2.24. The van der Waals surface area contributed by atoms with Gasteiger partial charge in [-0.15, -0.1) is 0 Å². The van der Waals surface area contributed by atoms with Gasteiger partial charge in [0.15, 0.2) is 0 Å². The van der Waals surface area contributed by atoms with E-state index >= 15 is 0 Å². The van der Waals surface area contributed by atoms with E-state index in [1.807, 2.05) is 11.8 Å². The molecule has 0 spiro atoms. The summed E-state index contributed by atoms with van der Waals surface area (Å²) in [4.78, 5) is 18.0. The van der Waals surface area contributed by atoms with Crippen LogP contribution in [0.1, 0.15) is 18.5 Å². The zero-order chi connectivity index (χ0) is 18.6. The van der Waals surface area contributed by atoms with E-state index in [0.717, 1.165) is 5.56 Å². The Hall–Kier alpha value is -2.00. The van der Waals surface area contributed by atoms with Crippen LogP contribution in [0, 0.1) is 0 Å². The number of carbonyl (C=O) groups excluding carboxylic acids is 1. The maximum absolute atomic E-state index is 12.1. The van der Waals surface area contributed by atoms with E-state index in [9.17, 15) is 13.2 Å². The van der Waals surface area contributed by atoms with Gasteiger partial charge in [0.25, 0.3) is 0 Å². The van der Waals surface area contributed by atoms with Crippen LogP contribution in [0.5, 0.6) is 0 Å². The lowest BCUT2D eigenvalue weighted by molar-refractivity contribution is -0.117. The Bertz CT molecular complexity index is 839. The van der Waals surface area contributed by atoms with Gasteiger partial charge in [-0.3, -0.25) is 9.69 Å². The molecular formula is C16H19ClN4O3S. The third kappa shape index (κ3) is 5.50. The van der Waals surface area contributed by atoms with Crippen molar-refractivity contribution in [1.29, 1.82) is 0 Å². The van der Waals surface area contributed by atoms with E-state index in [0.29, 0.717) is 10.8 Å². The van der Waals surface area contributed by atoms with E-state index in [2.05, 4.69) is 10.3 Å². The number of rotatable bonds is 6. The Labute approximate surface area is 151 Å². The van der Waals surface area contributed by atoms with Crippen LogP contribution < -0.4 is 10.5 Å². The minimum atomic E-state index is -3.72. The molecule has 7 nitrogen and oxygen atoms in total. The molecule has 0 saturated heterocycles. The van der Waals surface area contributed by atoms with Gasteiger partial charge in [-0.05, 0) is 43.8 Å². The maximum atomic E-state index is 12.1. The number of nitrogens with zero attached hydrogens (tertiary/aromatic N) is 2. The average Bonchev–Trinajstić information content (AvgIpc) is 2.55. The van der Waals surface area contributed by atoms with Crippen molar-refractivity contribution in [3.8, 4) is 0 Å². The van der Waals surface area contributed by atoms with Gasteiger partial charge in [0.2, 0.25) is 15.9 Å². The highest BCUT2D eigenvalue weighted by atomic mass is 35.5. The summed E-state index contributed by atoms with van der Waals surface area (Å²) in [5.41, 5.74) is 0.868. The van der Waals surface area contributed by atoms with Gasteiger partial charge in [0.1, 0.15) is 5.82 Å². The number of aromatic nitrogens is 1. The van der Waals surface area contributed by atoms with Crippen molar-refractivity contribution in [2.45, 2.75) is 17.9 Å². The number of sulfonamides is 1. The molecule has 0 fully saturated rings. The van der Waals surface area contributed by atoms with E-state index in [1.54, 1.807) is 31.3 Å². The van der Waals surface area contributed by atoms with Crippen LogP contribution in [-0.2, 0) is 14.8 Å². The Morgan fingerprint density at radius 2 is 1.92 bits per heavy atom. The summed E-state index contributed by atoms with van der Waals surface area (Å²) in [7, 11) is -1.92. The first-order valence-electron chi connectivity index (χ1n) is 7.41. The second kappa shape index (κ2) is 7.92. The predicted molar refractivity (Wildman–Crippen MR) is 96.7 cm³/mol. The third-order valence-electron chi connectivity index (χ3n) is 3.74. The lowest BCUT2D eigenvalue weighted by Crippen LogP contribution is -2.32. The van der Waals surface area contributed by atoms with Gasteiger partial charge in [0, 0.05) is 12.2 Å². The topological polar surface area (TPSA) is 105 Å². The molecule has 3 N–H and O–H groups in total. The van der Waals surface area contributed by atoms with E-state index in [-0.39, 0.29) is 23.4 Å². The lowest BCUT2D eigenvalue weighted by atomic mass is 10.1. The summed E-state index contributed by atoms with van der Waals surface area (Å²) in [6.07, 6.45) is 1.45. The largest absolute Gasteiger partial charge is 0.310 e. The second-order valence-electron chi connectivity index (χ2n) is 5.61. The highest BCUT2D eigenvalue weighted by molar-refractivity contribution is 7.89. The van der Waals surface area contributed by atoms with E-state index < -0.39 is 10.0 Å². The molecule has 1 unspecified atom stereocenters. The number of hydrogen-bond donors (Lipinski definition) is 2. The average molecular weight is 383 g/mol. The standard InChI is InChI=1S/C16H19ClN4O3S/c1-11(12-3-6-14(7-4-12)25(18,23)24)21(2)10-16(22)20-15-8-5-13(17)9-19-15/h3-9,11H,10H2,1-2H3,(H2,18,23,24)(H,19,20,22). The van der Waals surface area contributed by atoms with Gasteiger partial charge in [0.05, 0.1) is 16.5 Å². The fourth-order valence-corrected chi connectivity index (χ4v) is 2.81. The number of carbonyl (C=O) groups is 1. The molecule has 9 heteroatoms. The monoisotopic (exact) mass is 382 g/mol. The molecular weight excluding hydrogens is 364 g/mol. The van der Waals surface area contributed by atoms with Crippen molar-refractivity contribution in [3.05, 3.63) is 53.2 Å². The van der Waals surface area contributed by atoms with Crippen LogP contribution in [-0.4, -0.2) is 37.8 Å².